The lowest BCUT2D eigenvalue weighted by Crippen LogP contribution is -2.45. The minimum absolute atomic E-state index is 0.00114. The number of sulfonamides is 1. The number of para-hydroxylation sites is 1. The van der Waals surface area contributed by atoms with E-state index in [-0.39, 0.29) is 24.7 Å². The number of amides is 1. The molecule has 2 aliphatic rings. The van der Waals surface area contributed by atoms with Crippen LogP contribution in [0.2, 0.25) is 0 Å². The second-order valence-corrected chi connectivity index (χ2v) is 9.16. The van der Waals surface area contributed by atoms with Gasteiger partial charge in [0.25, 0.3) is 5.91 Å². The largest absolute Gasteiger partial charge is 0.484 e. The van der Waals surface area contributed by atoms with Crippen molar-refractivity contribution in [1.29, 1.82) is 0 Å². The molecule has 1 amide bonds. The first-order valence-electron chi connectivity index (χ1n) is 9.48. The predicted octanol–water partition coefficient (Wildman–Crippen LogP) is 1.50. The van der Waals surface area contributed by atoms with E-state index in [9.17, 15) is 13.2 Å². The Morgan fingerprint density at radius 3 is 2.11 bits per heavy atom. The van der Waals surface area contributed by atoms with Crippen LogP contribution in [0.15, 0.2) is 30.3 Å². The van der Waals surface area contributed by atoms with E-state index in [2.05, 4.69) is 0 Å². The standard InChI is InChI=1S/C19H28N2O5S/c1-27(23,24)21-13-9-18(10-14-21)26-17-7-11-20(12-8-17)19(22)15-25-16-5-3-2-4-6-16/h2-6,17-18H,7-15H2,1H3. The van der Waals surface area contributed by atoms with Gasteiger partial charge in [-0.25, -0.2) is 12.7 Å². The fourth-order valence-electron chi connectivity index (χ4n) is 3.57. The third-order valence-corrected chi connectivity index (χ3v) is 6.46. The number of carbonyl (C=O) groups excluding carboxylic acids is 1. The molecule has 0 bridgehead atoms. The summed E-state index contributed by atoms with van der Waals surface area (Å²) in [7, 11) is -3.10. The third kappa shape index (κ3) is 5.92. The summed E-state index contributed by atoms with van der Waals surface area (Å²) in [6, 6.07) is 9.33. The molecule has 2 heterocycles. The zero-order valence-corrected chi connectivity index (χ0v) is 16.6. The molecule has 0 aromatic heterocycles. The van der Waals surface area contributed by atoms with E-state index in [1.54, 1.807) is 0 Å². The second-order valence-electron chi connectivity index (χ2n) is 7.18. The van der Waals surface area contributed by atoms with E-state index in [1.807, 2.05) is 35.2 Å². The molecule has 0 aliphatic carbocycles. The molecular weight excluding hydrogens is 368 g/mol. The Hall–Kier alpha value is -1.64. The SMILES string of the molecule is CS(=O)(=O)N1CCC(OC2CCN(C(=O)COc3ccccc3)CC2)CC1. The molecule has 2 saturated heterocycles. The van der Waals surface area contributed by atoms with E-state index < -0.39 is 10.0 Å². The summed E-state index contributed by atoms with van der Waals surface area (Å²) in [5.74, 6) is 0.697. The molecule has 150 valence electrons. The van der Waals surface area contributed by atoms with Crippen LogP contribution in [0.25, 0.3) is 0 Å². The molecule has 7 nitrogen and oxygen atoms in total. The first kappa shape index (κ1) is 20.1. The highest BCUT2D eigenvalue weighted by Gasteiger charge is 2.29. The zero-order valence-electron chi connectivity index (χ0n) is 15.7. The van der Waals surface area contributed by atoms with Crippen LogP contribution in [0.1, 0.15) is 25.7 Å². The normalized spacial score (nSPS) is 20.6. The first-order valence-corrected chi connectivity index (χ1v) is 11.3. The zero-order chi connectivity index (χ0) is 19.3. The highest BCUT2D eigenvalue weighted by Crippen LogP contribution is 2.22. The molecular formula is C19H28N2O5S. The van der Waals surface area contributed by atoms with Crippen molar-refractivity contribution in [3.05, 3.63) is 30.3 Å². The van der Waals surface area contributed by atoms with E-state index >= 15 is 0 Å². The summed E-state index contributed by atoms with van der Waals surface area (Å²) in [5, 5.41) is 0. The Morgan fingerprint density at radius 2 is 1.56 bits per heavy atom. The van der Waals surface area contributed by atoms with E-state index in [0.29, 0.717) is 31.9 Å². The molecule has 8 heteroatoms. The molecule has 1 aromatic rings. The summed E-state index contributed by atoms with van der Waals surface area (Å²) < 4.78 is 36.3. The number of ether oxygens (including phenoxy) is 2. The smallest absolute Gasteiger partial charge is 0.260 e. The van der Waals surface area contributed by atoms with Gasteiger partial charge in [0, 0.05) is 26.2 Å². The molecule has 0 atom stereocenters. The van der Waals surface area contributed by atoms with Crippen molar-refractivity contribution in [3.63, 3.8) is 0 Å². The van der Waals surface area contributed by atoms with Crippen LogP contribution >= 0.6 is 0 Å². The number of carbonyl (C=O) groups is 1. The fraction of sp³-hybridized carbons (Fsp3) is 0.632. The van der Waals surface area contributed by atoms with Gasteiger partial charge >= 0.3 is 0 Å². The average Bonchev–Trinajstić information content (AvgIpc) is 2.67. The van der Waals surface area contributed by atoms with Crippen LogP contribution in [0.5, 0.6) is 5.75 Å². The number of hydrogen-bond donors (Lipinski definition) is 0. The molecule has 0 radical (unpaired) electrons. The lowest BCUT2D eigenvalue weighted by molar-refractivity contribution is -0.137. The van der Waals surface area contributed by atoms with Gasteiger partial charge in [-0.3, -0.25) is 4.79 Å². The second kappa shape index (κ2) is 9.03. The minimum Gasteiger partial charge on any atom is -0.484 e. The van der Waals surface area contributed by atoms with Crippen molar-refractivity contribution in [1.82, 2.24) is 9.21 Å². The molecule has 0 N–H and O–H groups in total. The molecule has 1 aromatic carbocycles. The average molecular weight is 397 g/mol. The lowest BCUT2D eigenvalue weighted by Gasteiger charge is -2.36. The molecule has 2 aliphatic heterocycles. The number of likely N-dealkylation sites (tertiary alicyclic amines) is 1. The number of hydrogen-bond acceptors (Lipinski definition) is 5. The van der Waals surface area contributed by atoms with Gasteiger partial charge in [-0.1, -0.05) is 18.2 Å². The fourth-order valence-corrected chi connectivity index (χ4v) is 4.44. The maximum absolute atomic E-state index is 12.3. The molecule has 0 unspecified atom stereocenters. The van der Waals surface area contributed by atoms with Gasteiger partial charge in [-0.2, -0.15) is 0 Å². The van der Waals surface area contributed by atoms with Gasteiger partial charge in [0.15, 0.2) is 6.61 Å². The van der Waals surface area contributed by atoms with Gasteiger partial charge in [0.1, 0.15) is 5.75 Å². The molecule has 2 fully saturated rings. The first-order chi connectivity index (χ1) is 12.9. The topological polar surface area (TPSA) is 76.2 Å². The van der Waals surface area contributed by atoms with Crippen molar-refractivity contribution >= 4 is 15.9 Å². The lowest BCUT2D eigenvalue weighted by atomic mass is 10.1. The third-order valence-electron chi connectivity index (χ3n) is 5.16. The quantitative estimate of drug-likeness (QED) is 0.728. The van der Waals surface area contributed by atoms with Gasteiger partial charge in [-0.15, -0.1) is 0 Å². The van der Waals surface area contributed by atoms with Crippen molar-refractivity contribution in [2.45, 2.75) is 37.9 Å². The molecule has 27 heavy (non-hydrogen) atoms. The summed E-state index contributed by atoms with van der Waals surface area (Å²) in [6.07, 6.45) is 4.58. The van der Waals surface area contributed by atoms with Crippen LogP contribution in [-0.2, 0) is 19.6 Å². The summed E-state index contributed by atoms with van der Waals surface area (Å²) in [4.78, 5) is 14.1. The summed E-state index contributed by atoms with van der Waals surface area (Å²) in [6.45, 7) is 2.45. The summed E-state index contributed by atoms with van der Waals surface area (Å²) >= 11 is 0. The Morgan fingerprint density at radius 1 is 1.00 bits per heavy atom. The van der Waals surface area contributed by atoms with E-state index in [4.69, 9.17) is 9.47 Å². The van der Waals surface area contributed by atoms with Crippen molar-refractivity contribution in [3.8, 4) is 5.75 Å². The molecule has 0 saturated carbocycles. The number of piperidine rings is 2. The number of rotatable bonds is 6. The van der Waals surface area contributed by atoms with Crippen LogP contribution < -0.4 is 4.74 Å². The van der Waals surface area contributed by atoms with Gasteiger partial charge in [-0.05, 0) is 37.8 Å². The molecule has 3 rings (SSSR count). The van der Waals surface area contributed by atoms with Gasteiger partial charge in [0.2, 0.25) is 10.0 Å². The van der Waals surface area contributed by atoms with Crippen LogP contribution in [0.3, 0.4) is 0 Å². The van der Waals surface area contributed by atoms with E-state index in [1.165, 1.54) is 10.6 Å². The van der Waals surface area contributed by atoms with Crippen molar-refractivity contribution in [2.24, 2.45) is 0 Å². The number of benzene rings is 1. The number of nitrogens with zero attached hydrogens (tertiary/aromatic N) is 2. The van der Waals surface area contributed by atoms with Crippen LogP contribution in [0.4, 0.5) is 0 Å². The van der Waals surface area contributed by atoms with Crippen molar-refractivity contribution in [2.75, 3.05) is 39.0 Å². The maximum Gasteiger partial charge on any atom is 0.260 e. The Bertz CT molecular complexity index is 709. The van der Waals surface area contributed by atoms with Crippen LogP contribution in [0, 0.1) is 0 Å². The maximum atomic E-state index is 12.3. The Kier molecular flexibility index (Phi) is 6.73. The minimum atomic E-state index is -3.10. The summed E-state index contributed by atoms with van der Waals surface area (Å²) in [5.41, 5.74) is 0. The highest BCUT2D eigenvalue weighted by molar-refractivity contribution is 7.88. The van der Waals surface area contributed by atoms with Crippen molar-refractivity contribution < 1.29 is 22.7 Å². The van der Waals surface area contributed by atoms with E-state index in [0.717, 1.165) is 25.7 Å². The van der Waals surface area contributed by atoms with Gasteiger partial charge in [0.05, 0.1) is 18.5 Å². The van der Waals surface area contributed by atoms with Crippen LogP contribution in [-0.4, -0.2) is 74.8 Å². The Labute approximate surface area is 161 Å². The Balaban J connectivity index is 1.36. The molecule has 0 spiro atoms. The van der Waals surface area contributed by atoms with Gasteiger partial charge < -0.3 is 14.4 Å². The predicted molar refractivity (Wildman–Crippen MR) is 102 cm³/mol. The highest BCUT2D eigenvalue weighted by atomic mass is 32.2. The monoisotopic (exact) mass is 396 g/mol.